The van der Waals surface area contributed by atoms with Crippen LogP contribution in [-0.2, 0) is 16.6 Å². The van der Waals surface area contributed by atoms with E-state index < -0.39 is 10.0 Å². The van der Waals surface area contributed by atoms with Gasteiger partial charge in [-0.25, -0.2) is 13.1 Å². The van der Waals surface area contributed by atoms with Crippen LogP contribution in [0.2, 0.25) is 0 Å². The average Bonchev–Trinajstić information content (AvgIpc) is 2.69. The van der Waals surface area contributed by atoms with Gasteiger partial charge in [0.15, 0.2) is 0 Å². The van der Waals surface area contributed by atoms with Crippen molar-refractivity contribution in [2.75, 3.05) is 0 Å². The van der Waals surface area contributed by atoms with E-state index in [2.05, 4.69) is 28.8 Å². The lowest BCUT2D eigenvalue weighted by atomic mass is 9.75. The SMILES string of the molecule is Cc1[nH]nc(CN)c1S(=O)(=O)NC1CCCC(C)(C)C1. The lowest BCUT2D eigenvalue weighted by molar-refractivity contribution is 0.212. The van der Waals surface area contributed by atoms with Crippen molar-refractivity contribution in [3.05, 3.63) is 11.4 Å². The second kappa shape index (κ2) is 5.46. The topological polar surface area (TPSA) is 101 Å². The first-order chi connectivity index (χ1) is 9.25. The summed E-state index contributed by atoms with van der Waals surface area (Å²) in [7, 11) is -3.56. The van der Waals surface area contributed by atoms with E-state index in [1.165, 1.54) is 0 Å². The molecule has 1 fully saturated rings. The van der Waals surface area contributed by atoms with Gasteiger partial charge in [-0.05, 0) is 31.6 Å². The molecule has 1 atom stereocenters. The van der Waals surface area contributed by atoms with Crippen molar-refractivity contribution in [3.8, 4) is 0 Å². The molecular formula is C13H24N4O2S. The van der Waals surface area contributed by atoms with Gasteiger partial charge in [0, 0.05) is 12.6 Å². The van der Waals surface area contributed by atoms with E-state index in [-0.39, 0.29) is 22.9 Å². The van der Waals surface area contributed by atoms with Gasteiger partial charge >= 0.3 is 0 Å². The molecule has 2 rings (SSSR count). The second-order valence-corrected chi connectivity index (χ2v) is 8.06. The molecule has 0 bridgehead atoms. The smallest absolute Gasteiger partial charge is 0.244 e. The lowest BCUT2D eigenvalue weighted by Gasteiger charge is -2.35. The van der Waals surface area contributed by atoms with Crippen molar-refractivity contribution in [2.45, 2.75) is 63.9 Å². The van der Waals surface area contributed by atoms with Gasteiger partial charge in [-0.1, -0.05) is 20.3 Å². The summed E-state index contributed by atoms with van der Waals surface area (Å²) in [6.07, 6.45) is 3.94. The zero-order valence-electron chi connectivity index (χ0n) is 12.4. The molecule has 1 heterocycles. The van der Waals surface area contributed by atoms with Crippen LogP contribution in [0.5, 0.6) is 0 Å². The van der Waals surface area contributed by atoms with E-state index in [0.29, 0.717) is 11.4 Å². The van der Waals surface area contributed by atoms with Crippen LogP contribution in [0.3, 0.4) is 0 Å². The van der Waals surface area contributed by atoms with E-state index >= 15 is 0 Å². The summed E-state index contributed by atoms with van der Waals surface area (Å²) >= 11 is 0. The Morgan fingerprint density at radius 3 is 2.80 bits per heavy atom. The fourth-order valence-corrected chi connectivity index (χ4v) is 4.69. The average molecular weight is 300 g/mol. The number of nitrogens with zero attached hydrogens (tertiary/aromatic N) is 1. The maximum atomic E-state index is 12.5. The van der Waals surface area contributed by atoms with E-state index in [9.17, 15) is 8.42 Å². The summed E-state index contributed by atoms with van der Waals surface area (Å²) in [6, 6.07) is -0.0105. The predicted octanol–water partition coefficient (Wildman–Crippen LogP) is 1.42. The van der Waals surface area contributed by atoms with Crippen LogP contribution in [0.1, 0.15) is 50.9 Å². The number of aryl methyl sites for hydroxylation is 1. The molecule has 1 aliphatic rings. The number of rotatable bonds is 4. The summed E-state index contributed by atoms with van der Waals surface area (Å²) in [5, 5.41) is 6.65. The van der Waals surface area contributed by atoms with Crippen molar-refractivity contribution in [3.63, 3.8) is 0 Å². The molecule has 1 aromatic heterocycles. The van der Waals surface area contributed by atoms with Crippen molar-refractivity contribution >= 4 is 10.0 Å². The number of sulfonamides is 1. The van der Waals surface area contributed by atoms with Gasteiger partial charge in [-0.3, -0.25) is 5.10 Å². The van der Waals surface area contributed by atoms with Crippen LogP contribution in [0, 0.1) is 12.3 Å². The molecule has 0 amide bonds. The standard InChI is InChI=1S/C13H24N4O2S/c1-9-12(11(8-14)16-15-9)20(18,19)17-10-5-4-6-13(2,3)7-10/h10,17H,4-8,14H2,1-3H3,(H,15,16). The molecule has 7 heteroatoms. The lowest BCUT2D eigenvalue weighted by Crippen LogP contribution is -2.41. The second-order valence-electron chi connectivity index (χ2n) is 6.41. The first-order valence-electron chi connectivity index (χ1n) is 7.01. The number of hydrogen-bond acceptors (Lipinski definition) is 4. The third-order valence-electron chi connectivity index (χ3n) is 3.95. The van der Waals surface area contributed by atoms with Crippen LogP contribution < -0.4 is 10.5 Å². The zero-order chi connectivity index (χ0) is 15.0. The normalized spacial score (nSPS) is 22.9. The molecule has 1 saturated carbocycles. The minimum atomic E-state index is -3.56. The van der Waals surface area contributed by atoms with Crippen molar-refractivity contribution < 1.29 is 8.42 Å². The number of hydrogen-bond donors (Lipinski definition) is 3. The van der Waals surface area contributed by atoms with Crippen LogP contribution >= 0.6 is 0 Å². The van der Waals surface area contributed by atoms with Gasteiger partial charge in [0.1, 0.15) is 4.90 Å². The monoisotopic (exact) mass is 300 g/mol. The van der Waals surface area contributed by atoms with Crippen LogP contribution in [0.15, 0.2) is 4.90 Å². The quantitative estimate of drug-likeness (QED) is 0.783. The van der Waals surface area contributed by atoms with Crippen LogP contribution in [-0.4, -0.2) is 24.7 Å². The first kappa shape index (κ1) is 15.5. The molecule has 20 heavy (non-hydrogen) atoms. The summed E-state index contributed by atoms with van der Waals surface area (Å²) in [4.78, 5) is 0.211. The Labute approximate surface area is 120 Å². The summed E-state index contributed by atoms with van der Waals surface area (Å²) in [5.41, 5.74) is 6.68. The summed E-state index contributed by atoms with van der Waals surface area (Å²) in [5.74, 6) is 0. The van der Waals surface area contributed by atoms with E-state index in [4.69, 9.17) is 5.73 Å². The third kappa shape index (κ3) is 3.21. The predicted molar refractivity (Wildman–Crippen MR) is 77.6 cm³/mol. The minimum absolute atomic E-state index is 0.0105. The zero-order valence-corrected chi connectivity index (χ0v) is 13.2. The number of nitrogens with one attached hydrogen (secondary N) is 2. The molecule has 0 saturated heterocycles. The van der Waals surface area contributed by atoms with Gasteiger partial charge in [0.25, 0.3) is 0 Å². The van der Waals surface area contributed by atoms with Crippen molar-refractivity contribution in [1.29, 1.82) is 0 Å². The maximum Gasteiger partial charge on any atom is 0.244 e. The molecule has 1 aliphatic carbocycles. The van der Waals surface area contributed by atoms with E-state index in [0.717, 1.165) is 25.7 Å². The Bertz CT molecular complexity index is 577. The molecule has 0 radical (unpaired) electrons. The van der Waals surface area contributed by atoms with E-state index in [1.807, 2.05) is 0 Å². The number of H-pyrrole nitrogens is 1. The largest absolute Gasteiger partial charge is 0.325 e. The Morgan fingerprint density at radius 2 is 2.20 bits per heavy atom. The Hall–Kier alpha value is -0.920. The molecule has 1 aromatic rings. The number of nitrogens with two attached hydrogens (primary N) is 1. The first-order valence-corrected chi connectivity index (χ1v) is 8.50. The maximum absolute atomic E-state index is 12.5. The highest BCUT2D eigenvalue weighted by molar-refractivity contribution is 7.89. The minimum Gasteiger partial charge on any atom is -0.325 e. The number of aromatic nitrogens is 2. The molecule has 1 unspecified atom stereocenters. The van der Waals surface area contributed by atoms with Gasteiger partial charge in [0.05, 0.1) is 11.4 Å². The van der Waals surface area contributed by atoms with Crippen molar-refractivity contribution in [1.82, 2.24) is 14.9 Å². The van der Waals surface area contributed by atoms with Crippen LogP contribution in [0.25, 0.3) is 0 Å². The Balaban J connectivity index is 2.21. The molecule has 0 aliphatic heterocycles. The molecular weight excluding hydrogens is 276 g/mol. The molecule has 4 N–H and O–H groups in total. The highest BCUT2D eigenvalue weighted by Gasteiger charge is 2.32. The number of aromatic amines is 1. The highest BCUT2D eigenvalue weighted by atomic mass is 32.2. The molecule has 0 spiro atoms. The van der Waals surface area contributed by atoms with Crippen LogP contribution in [0.4, 0.5) is 0 Å². The third-order valence-corrected chi connectivity index (χ3v) is 5.67. The molecule has 0 aromatic carbocycles. The fourth-order valence-electron chi connectivity index (χ4n) is 3.04. The molecule has 114 valence electrons. The van der Waals surface area contributed by atoms with Gasteiger partial charge in [0.2, 0.25) is 10.0 Å². The van der Waals surface area contributed by atoms with Gasteiger partial charge < -0.3 is 5.73 Å². The Kier molecular flexibility index (Phi) is 4.22. The van der Waals surface area contributed by atoms with Gasteiger partial charge in [-0.15, -0.1) is 0 Å². The van der Waals surface area contributed by atoms with Gasteiger partial charge in [-0.2, -0.15) is 5.10 Å². The fraction of sp³-hybridized carbons (Fsp3) is 0.769. The van der Waals surface area contributed by atoms with Crippen molar-refractivity contribution in [2.24, 2.45) is 11.1 Å². The Morgan fingerprint density at radius 1 is 1.50 bits per heavy atom. The molecule has 6 nitrogen and oxygen atoms in total. The van der Waals surface area contributed by atoms with E-state index in [1.54, 1.807) is 6.92 Å². The summed E-state index contributed by atoms with van der Waals surface area (Å²) < 4.78 is 27.9. The highest BCUT2D eigenvalue weighted by Crippen LogP contribution is 2.35. The summed E-state index contributed by atoms with van der Waals surface area (Å²) in [6.45, 7) is 6.17.